The molecule has 1 aliphatic carbocycles. The maximum Gasteiger partial charge on any atom is 0.294 e. The van der Waals surface area contributed by atoms with E-state index in [1.165, 1.54) is 5.56 Å². The topological polar surface area (TPSA) is 142 Å². The number of nitrogens with one attached hydrogen (secondary N) is 1. The Balaban J connectivity index is 1.66. The van der Waals surface area contributed by atoms with Crippen molar-refractivity contribution in [3.8, 4) is 0 Å². The Hall–Kier alpha value is -2.49. The van der Waals surface area contributed by atoms with Crippen LogP contribution in [0.1, 0.15) is 63.9 Å². The Labute approximate surface area is 207 Å². The quantitative estimate of drug-likeness (QED) is 0.120. The number of carbonyl (C=O) groups is 1. The second-order valence-corrected chi connectivity index (χ2v) is 9.54. The predicted molar refractivity (Wildman–Crippen MR) is 132 cm³/mol. The summed E-state index contributed by atoms with van der Waals surface area (Å²) in [6.45, 7) is 1.46. The summed E-state index contributed by atoms with van der Waals surface area (Å²) in [4.78, 5) is 26.3. The fourth-order valence-corrected chi connectivity index (χ4v) is 4.73. The molecule has 9 heteroatoms. The van der Waals surface area contributed by atoms with E-state index in [1.807, 2.05) is 42.5 Å². The molecule has 0 aromatic heterocycles. The second-order valence-electron chi connectivity index (χ2n) is 9.54. The molecule has 0 aliphatic heterocycles. The Morgan fingerprint density at radius 1 is 1.20 bits per heavy atom. The number of benzene rings is 1. The lowest BCUT2D eigenvalue weighted by molar-refractivity contribution is -0.758. The molecule has 0 saturated heterocycles. The molecule has 0 bridgehead atoms. The van der Waals surface area contributed by atoms with Gasteiger partial charge in [-0.15, -0.1) is 10.1 Å². The predicted octanol–water partition coefficient (Wildman–Crippen LogP) is 2.95. The van der Waals surface area contributed by atoms with Crippen LogP contribution in [0.25, 0.3) is 0 Å². The number of hydrogen-bond acceptors (Lipinski definition) is 7. The summed E-state index contributed by atoms with van der Waals surface area (Å²) in [5.41, 5.74) is 1.20. The minimum atomic E-state index is -0.882. The van der Waals surface area contributed by atoms with Crippen LogP contribution in [-0.2, 0) is 16.1 Å². The van der Waals surface area contributed by atoms with Crippen LogP contribution in [0, 0.1) is 22.0 Å². The van der Waals surface area contributed by atoms with Crippen molar-refractivity contribution in [1.29, 1.82) is 0 Å². The van der Waals surface area contributed by atoms with Crippen molar-refractivity contribution < 1.29 is 30.0 Å². The fraction of sp³-hybridized carbons (Fsp3) is 0.654. The summed E-state index contributed by atoms with van der Waals surface area (Å²) in [5, 5.41) is 43.2. The zero-order chi connectivity index (χ0) is 25.6. The number of rotatable bonds is 16. The van der Waals surface area contributed by atoms with Crippen LogP contribution in [-0.4, -0.2) is 57.3 Å². The lowest BCUT2D eigenvalue weighted by Crippen LogP contribution is -2.36. The Morgan fingerprint density at radius 3 is 2.63 bits per heavy atom. The molecule has 35 heavy (non-hydrogen) atoms. The zero-order valence-corrected chi connectivity index (χ0v) is 20.5. The monoisotopic (exact) mass is 492 g/mol. The highest BCUT2D eigenvalue weighted by molar-refractivity contribution is 5.76. The first kappa shape index (κ1) is 28.7. The van der Waals surface area contributed by atoms with E-state index in [9.17, 15) is 30.2 Å². The van der Waals surface area contributed by atoms with Crippen molar-refractivity contribution in [3.05, 3.63) is 58.2 Å². The van der Waals surface area contributed by atoms with Crippen LogP contribution in [0.5, 0.6) is 0 Å². The summed E-state index contributed by atoms with van der Waals surface area (Å²) < 4.78 is 0. The average Bonchev–Trinajstić information content (AvgIpc) is 3.09. The smallest absolute Gasteiger partial charge is 0.294 e. The molecule has 1 aromatic carbocycles. The van der Waals surface area contributed by atoms with Crippen LogP contribution in [0.15, 0.2) is 42.5 Å². The van der Waals surface area contributed by atoms with Gasteiger partial charge in [0.05, 0.1) is 18.3 Å². The van der Waals surface area contributed by atoms with Crippen molar-refractivity contribution in [3.63, 3.8) is 0 Å². The number of amides is 1. The van der Waals surface area contributed by atoms with Gasteiger partial charge in [0.2, 0.25) is 5.91 Å². The van der Waals surface area contributed by atoms with Gasteiger partial charge in [-0.1, -0.05) is 42.5 Å². The van der Waals surface area contributed by atoms with E-state index in [0.717, 1.165) is 6.42 Å². The third kappa shape index (κ3) is 11.2. The molecule has 1 amide bonds. The summed E-state index contributed by atoms with van der Waals surface area (Å²) in [7, 11) is 0. The molecule has 1 aromatic rings. The van der Waals surface area contributed by atoms with Gasteiger partial charge in [-0.25, -0.2) is 0 Å². The number of carbonyl (C=O) groups excluding carboxylic acids is 1. The molecule has 2 rings (SSSR count). The van der Waals surface area contributed by atoms with Crippen molar-refractivity contribution >= 4 is 5.91 Å². The number of nitrogens with zero attached hydrogens (tertiary/aromatic N) is 1. The first-order chi connectivity index (χ1) is 16.8. The molecule has 0 spiro atoms. The van der Waals surface area contributed by atoms with E-state index in [4.69, 9.17) is 0 Å². The molecule has 1 aliphatic rings. The molecular formula is C26H40N2O7. The number of aliphatic hydroxyl groups is 3. The highest BCUT2D eigenvalue weighted by Crippen LogP contribution is 2.38. The van der Waals surface area contributed by atoms with Gasteiger partial charge in [0.25, 0.3) is 5.09 Å². The second kappa shape index (κ2) is 15.5. The summed E-state index contributed by atoms with van der Waals surface area (Å²) >= 11 is 0. The van der Waals surface area contributed by atoms with Crippen LogP contribution in [0.3, 0.4) is 0 Å². The minimum Gasteiger partial charge on any atom is -0.393 e. The lowest BCUT2D eigenvalue weighted by Gasteiger charge is -2.23. The van der Waals surface area contributed by atoms with Crippen molar-refractivity contribution in [2.75, 3.05) is 6.61 Å². The van der Waals surface area contributed by atoms with Gasteiger partial charge in [-0.3, -0.25) is 4.79 Å². The maximum absolute atomic E-state index is 11.9. The average molecular weight is 493 g/mol. The van der Waals surface area contributed by atoms with Crippen molar-refractivity contribution in [1.82, 2.24) is 5.32 Å². The third-order valence-corrected chi connectivity index (χ3v) is 6.65. The molecule has 196 valence electrons. The molecule has 1 saturated carbocycles. The van der Waals surface area contributed by atoms with E-state index in [-0.39, 0.29) is 24.3 Å². The minimum absolute atomic E-state index is 0.0466. The third-order valence-electron chi connectivity index (χ3n) is 6.65. The summed E-state index contributed by atoms with van der Waals surface area (Å²) in [6.07, 6.45) is 7.83. The van der Waals surface area contributed by atoms with Gasteiger partial charge in [-0.2, -0.15) is 0 Å². The van der Waals surface area contributed by atoms with E-state index < -0.39 is 29.4 Å². The molecule has 0 radical (unpaired) electrons. The number of aryl methyl sites for hydroxylation is 1. The normalized spacial score (nSPS) is 23.8. The molecule has 1 unspecified atom stereocenters. The van der Waals surface area contributed by atoms with Crippen LogP contribution < -0.4 is 5.32 Å². The van der Waals surface area contributed by atoms with Crippen molar-refractivity contribution in [2.24, 2.45) is 11.8 Å². The van der Waals surface area contributed by atoms with E-state index in [1.54, 1.807) is 6.92 Å². The molecule has 4 N–H and O–H groups in total. The van der Waals surface area contributed by atoms with E-state index in [0.29, 0.717) is 51.4 Å². The molecule has 6 atom stereocenters. The largest absolute Gasteiger partial charge is 0.393 e. The van der Waals surface area contributed by atoms with E-state index in [2.05, 4.69) is 10.2 Å². The number of allylic oxidation sites excluding steroid dienone is 2. The van der Waals surface area contributed by atoms with Gasteiger partial charge in [0, 0.05) is 12.5 Å². The van der Waals surface area contributed by atoms with Gasteiger partial charge in [-0.05, 0) is 75.7 Å². The first-order valence-corrected chi connectivity index (χ1v) is 12.6. The summed E-state index contributed by atoms with van der Waals surface area (Å²) in [5.74, 6) is -0.277. The SMILES string of the molecule is CC(CO[N+](=O)[O-])NC(=O)CCCC=CC[C@@H]1[C@@H](CC[C@@H](O)CCc2ccccc2)[C@H](O)C[C@@H]1O. The molecular weight excluding hydrogens is 452 g/mol. The highest BCUT2D eigenvalue weighted by Gasteiger charge is 2.40. The molecule has 9 nitrogen and oxygen atoms in total. The van der Waals surface area contributed by atoms with Gasteiger partial charge < -0.3 is 25.5 Å². The molecule has 0 heterocycles. The lowest BCUT2D eigenvalue weighted by atomic mass is 9.85. The Kier molecular flexibility index (Phi) is 12.7. The van der Waals surface area contributed by atoms with Gasteiger partial charge in [0.1, 0.15) is 6.61 Å². The zero-order valence-electron chi connectivity index (χ0n) is 20.5. The van der Waals surface area contributed by atoms with E-state index >= 15 is 0 Å². The highest BCUT2D eigenvalue weighted by atomic mass is 16.9. The maximum atomic E-state index is 11.9. The number of unbranched alkanes of at least 4 members (excludes halogenated alkanes) is 1. The first-order valence-electron chi connectivity index (χ1n) is 12.6. The Bertz CT molecular complexity index is 789. The number of aliphatic hydroxyl groups excluding tert-OH is 3. The fourth-order valence-electron chi connectivity index (χ4n) is 4.73. The standard InChI is InChI=1S/C26H40N2O7/c1-19(18-35-28(33)34)27-26(32)12-8-3-2-7-11-22-23(25(31)17-24(22)30)16-15-21(29)14-13-20-9-5-4-6-10-20/h2,4-7,9-10,19,21-25,29-31H,3,8,11-18H2,1H3,(H,27,32)/t19?,21-,22+,23+,24-,25+/m0/s1. The molecule has 1 fully saturated rings. The number of hydrogen-bond donors (Lipinski definition) is 4. The van der Waals surface area contributed by atoms with Gasteiger partial charge >= 0.3 is 0 Å². The van der Waals surface area contributed by atoms with Crippen molar-refractivity contribution in [2.45, 2.75) is 89.1 Å². The van der Waals surface area contributed by atoms with Gasteiger partial charge in [0.15, 0.2) is 0 Å². The Morgan fingerprint density at radius 2 is 1.91 bits per heavy atom. The van der Waals surface area contributed by atoms with Crippen LogP contribution >= 0.6 is 0 Å². The van der Waals surface area contributed by atoms with Crippen LogP contribution in [0.4, 0.5) is 0 Å². The summed E-state index contributed by atoms with van der Waals surface area (Å²) in [6, 6.07) is 9.61. The van der Waals surface area contributed by atoms with Crippen LogP contribution in [0.2, 0.25) is 0 Å².